The zero-order valence-corrected chi connectivity index (χ0v) is 14.3. The summed E-state index contributed by atoms with van der Waals surface area (Å²) in [5.41, 5.74) is 0. The molecule has 0 unspecified atom stereocenters. The molecule has 3 rings (SSSR count). The quantitative estimate of drug-likeness (QED) is 0.845. The number of hydrogen-bond donors (Lipinski definition) is 1. The molecule has 1 N–H and O–H groups in total. The van der Waals surface area contributed by atoms with E-state index in [0.29, 0.717) is 37.8 Å². The van der Waals surface area contributed by atoms with E-state index in [1.165, 1.54) is 12.1 Å². The van der Waals surface area contributed by atoms with Crippen molar-refractivity contribution in [1.82, 2.24) is 10.2 Å². The van der Waals surface area contributed by atoms with Crippen molar-refractivity contribution in [1.29, 1.82) is 0 Å². The molecule has 1 fully saturated rings. The molecule has 1 saturated heterocycles. The van der Waals surface area contributed by atoms with Crippen molar-refractivity contribution in [2.45, 2.75) is 17.7 Å². The third-order valence-corrected chi connectivity index (χ3v) is 5.85. The van der Waals surface area contributed by atoms with E-state index in [9.17, 15) is 13.2 Å². The van der Waals surface area contributed by atoms with E-state index in [1.807, 2.05) is 0 Å². The zero-order valence-electron chi connectivity index (χ0n) is 13.5. The van der Waals surface area contributed by atoms with Gasteiger partial charge in [0.15, 0.2) is 21.3 Å². The normalized spacial score (nSPS) is 18.1. The first kappa shape index (κ1) is 17.0. The lowest BCUT2D eigenvalue weighted by Crippen LogP contribution is -2.46. The van der Waals surface area contributed by atoms with Crippen LogP contribution in [-0.4, -0.2) is 64.4 Å². The van der Waals surface area contributed by atoms with Crippen LogP contribution >= 0.6 is 0 Å². The van der Waals surface area contributed by atoms with Gasteiger partial charge in [0.1, 0.15) is 0 Å². The van der Waals surface area contributed by atoms with Crippen molar-refractivity contribution < 1.29 is 22.7 Å². The van der Waals surface area contributed by atoms with Crippen LogP contribution in [0.4, 0.5) is 0 Å². The van der Waals surface area contributed by atoms with E-state index in [1.54, 1.807) is 11.0 Å². The fourth-order valence-corrected chi connectivity index (χ4v) is 3.99. The highest BCUT2D eigenvalue weighted by atomic mass is 32.2. The van der Waals surface area contributed by atoms with Crippen LogP contribution in [0.3, 0.4) is 0 Å². The molecular formula is C16H22N2O5S. The van der Waals surface area contributed by atoms with Gasteiger partial charge in [-0.1, -0.05) is 0 Å². The first-order chi connectivity index (χ1) is 11.6. The average molecular weight is 354 g/mol. The lowest BCUT2D eigenvalue weighted by atomic mass is 10.3. The molecule has 0 aliphatic carbocycles. The van der Waals surface area contributed by atoms with Gasteiger partial charge in [0.05, 0.1) is 23.9 Å². The van der Waals surface area contributed by atoms with Gasteiger partial charge in [0, 0.05) is 45.1 Å². The van der Waals surface area contributed by atoms with E-state index in [4.69, 9.17) is 9.47 Å². The molecule has 0 bridgehead atoms. The largest absolute Gasteiger partial charge is 0.490 e. The number of sulfone groups is 1. The minimum Gasteiger partial charge on any atom is -0.490 e. The van der Waals surface area contributed by atoms with Crippen LogP contribution in [0.15, 0.2) is 23.1 Å². The van der Waals surface area contributed by atoms with E-state index >= 15 is 0 Å². The maximum atomic E-state index is 12.5. The summed E-state index contributed by atoms with van der Waals surface area (Å²) in [5.74, 6) is 0.690. The minimum atomic E-state index is -3.54. The van der Waals surface area contributed by atoms with Gasteiger partial charge < -0.3 is 19.7 Å². The number of benzene rings is 1. The number of rotatable bonds is 4. The predicted octanol–water partition coefficient (Wildman–Crippen LogP) is 0.444. The monoisotopic (exact) mass is 354 g/mol. The zero-order chi connectivity index (χ0) is 17.0. The minimum absolute atomic E-state index is 0.00320. The molecule has 2 aliphatic rings. The second kappa shape index (κ2) is 7.40. The number of carbonyl (C=O) groups excluding carboxylic acids is 1. The van der Waals surface area contributed by atoms with Gasteiger partial charge in [-0.3, -0.25) is 4.79 Å². The summed E-state index contributed by atoms with van der Waals surface area (Å²) < 4.78 is 36.1. The molecule has 0 radical (unpaired) electrons. The molecular weight excluding hydrogens is 332 g/mol. The van der Waals surface area contributed by atoms with Gasteiger partial charge in [-0.25, -0.2) is 8.42 Å². The van der Waals surface area contributed by atoms with Gasteiger partial charge in [-0.2, -0.15) is 0 Å². The Hall–Kier alpha value is -1.80. The van der Waals surface area contributed by atoms with Crippen molar-refractivity contribution in [2.24, 2.45) is 0 Å². The Balaban J connectivity index is 1.66. The van der Waals surface area contributed by atoms with Gasteiger partial charge >= 0.3 is 0 Å². The topological polar surface area (TPSA) is 84.9 Å². The van der Waals surface area contributed by atoms with Crippen molar-refractivity contribution in [3.05, 3.63) is 18.2 Å². The summed E-state index contributed by atoms with van der Waals surface area (Å²) in [6.45, 7) is 3.81. The van der Waals surface area contributed by atoms with E-state index in [2.05, 4.69) is 5.32 Å². The fraction of sp³-hybridized carbons (Fsp3) is 0.562. The lowest BCUT2D eigenvalue weighted by molar-refractivity contribution is -0.131. The number of nitrogens with zero attached hydrogens (tertiary/aromatic N) is 1. The second-order valence-corrected chi connectivity index (χ2v) is 7.97. The van der Waals surface area contributed by atoms with Crippen LogP contribution in [0.5, 0.6) is 11.5 Å². The maximum Gasteiger partial charge on any atom is 0.223 e. The maximum absolute atomic E-state index is 12.5. The third kappa shape index (κ3) is 3.99. The number of fused-ring (bicyclic) bond motifs is 1. The third-order valence-electron chi connectivity index (χ3n) is 4.13. The molecule has 0 saturated carbocycles. The number of carbonyl (C=O) groups is 1. The summed E-state index contributed by atoms with van der Waals surface area (Å²) in [7, 11) is -3.54. The van der Waals surface area contributed by atoms with Gasteiger partial charge in [0.25, 0.3) is 0 Å². The highest BCUT2D eigenvalue weighted by molar-refractivity contribution is 7.91. The molecule has 1 aromatic carbocycles. The molecule has 2 heterocycles. The molecule has 0 spiro atoms. The van der Waals surface area contributed by atoms with Gasteiger partial charge in [-0.05, 0) is 12.1 Å². The Morgan fingerprint density at radius 2 is 1.83 bits per heavy atom. The van der Waals surface area contributed by atoms with Crippen molar-refractivity contribution in [3.8, 4) is 11.5 Å². The first-order valence-electron chi connectivity index (χ1n) is 8.17. The Labute approximate surface area is 141 Å². The number of nitrogens with one attached hydrogen (secondary N) is 1. The standard InChI is InChI=1S/C16H22N2O5S/c19-16(18-7-5-17-6-8-18)4-11-24(20,21)13-2-3-14-15(12-13)23-10-1-9-22-14/h2-3,12,17H,1,4-11H2. The van der Waals surface area contributed by atoms with E-state index < -0.39 is 9.84 Å². The molecule has 0 atom stereocenters. The van der Waals surface area contributed by atoms with Crippen molar-refractivity contribution in [3.63, 3.8) is 0 Å². The molecule has 1 amide bonds. The molecule has 1 aromatic rings. The van der Waals surface area contributed by atoms with Crippen LogP contribution in [0.2, 0.25) is 0 Å². The highest BCUT2D eigenvalue weighted by Gasteiger charge is 2.22. The molecule has 0 aromatic heterocycles. The summed E-state index contributed by atoms with van der Waals surface area (Å²) in [6.07, 6.45) is 0.757. The summed E-state index contributed by atoms with van der Waals surface area (Å²) in [6, 6.07) is 4.62. The predicted molar refractivity (Wildman–Crippen MR) is 88.2 cm³/mol. The van der Waals surface area contributed by atoms with Gasteiger partial charge in [-0.15, -0.1) is 0 Å². The Bertz CT molecular complexity index is 698. The Morgan fingerprint density at radius 1 is 1.12 bits per heavy atom. The molecule has 7 nitrogen and oxygen atoms in total. The number of ether oxygens (including phenoxy) is 2. The SMILES string of the molecule is O=C(CCS(=O)(=O)c1ccc2c(c1)OCCCO2)N1CCNCC1. The van der Waals surface area contributed by atoms with Crippen LogP contribution < -0.4 is 14.8 Å². The van der Waals surface area contributed by atoms with Crippen LogP contribution in [-0.2, 0) is 14.6 Å². The first-order valence-corrected chi connectivity index (χ1v) is 9.82. The molecule has 2 aliphatic heterocycles. The van der Waals surface area contributed by atoms with Crippen LogP contribution in [0, 0.1) is 0 Å². The van der Waals surface area contributed by atoms with E-state index in [-0.39, 0.29) is 23.0 Å². The second-order valence-electron chi connectivity index (χ2n) is 5.86. The van der Waals surface area contributed by atoms with Crippen molar-refractivity contribution >= 4 is 15.7 Å². The average Bonchev–Trinajstić information content (AvgIpc) is 2.85. The summed E-state index contributed by atoms with van der Waals surface area (Å²) >= 11 is 0. The Kier molecular flexibility index (Phi) is 5.25. The van der Waals surface area contributed by atoms with Crippen LogP contribution in [0.25, 0.3) is 0 Å². The number of hydrogen-bond acceptors (Lipinski definition) is 6. The fourth-order valence-electron chi connectivity index (χ4n) is 2.75. The number of piperazine rings is 1. The molecule has 132 valence electrons. The summed E-state index contributed by atoms with van der Waals surface area (Å²) in [5, 5.41) is 3.16. The van der Waals surface area contributed by atoms with Gasteiger partial charge in [0.2, 0.25) is 5.91 Å². The lowest BCUT2D eigenvalue weighted by Gasteiger charge is -2.27. The summed E-state index contributed by atoms with van der Waals surface area (Å²) in [4.78, 5) is 14.0. The van der Waals surface area contributed by atoms with Crippen LogP contribution in [0.1, 0.15) is 12.8 Å². The highest BCUT2D eigenvalue weighted by Crippen LogP contribution is 2.32. The van der Waals surface area contributed by atoms with E-state index in [0.717, 1.165) is 19.5 Å². The smallest absolute Gasteiger partial charge is 0.223 e. The van der Waals surface area contributed by atoms with Crippen molar-refractivity contribution in [2.75, 3.05) is 45.1 Å². The molecule has 8 heteroatoms. The molecule has 24 heavy (non-hydrogen) atoms. The number of amides is 1. The Morgan fingerprint density at radius 3 is 2.58 bits per heavy atom.